The molecule has 10 nitrogen and oxygen atoms in total. The Balaban J connectivity index is 2.12. The summed E-state index contributed by atoms with van der Waals surface area (Å²) in [4.78, 5) is 30.2. The van der Waals surface area contributed by atoms with E-state index in [0.29, 0.717) is 11.5 Å². The summed E-state index contributed by atoms with van der Waals surface area (Å²) in [5.41, 5.74) is 6.14. The number of imidazole rings is 1. The van der Waals surface area contributed by atoms with Crippen LogP contribution >= 0.6 is 7.60 Å². The van der Waals surface area contributed by atoms with Crippen LogP contribution < -0.4 is 5.73 Å². The van der Waals surface area contributed by atoms with Crippen LogP contribution in [0.25, 0.3) is 11.5 Å². The first kappa shape index (κ1) is 15.8. The van der Waals surface area contributed by atoms with Crippen LogP contribution in [-0.2, 0) is 20.6 Å². The maximum atomic E-state index is 11.2. The Kier molecular flexibility index (Phi) is 4.55. The molecule has 0 amide bonds. The molecule has 21 heavy (non-hydrogen) atoms. The smallest absolute Gasteiger partial charge is 0.381 e. The van der Waals surface area contributed by atoms with Crippen molar-refractivity contribution in [3.05, 3.63) is 12.7 Å². The highest BCUT2D eigenvalue weighted by atomic mass is 31.2. The van der Waals surface area contributed by atoms with Crippen LogP contribution in [0.4, 0.5) is 5.82 Å². The molecule has 116 valence electrons. The van der Waals surface area contributed by atoms with Crippen molar-refractivity contribution in [1.82, 2.24) is 19.5 Å². The van der Waals surface area contributed by atoms with E-state index in [1.807, 2.05) is 0 Å². The molecule has 2 atom stereocenters. The lowest BCUT2D eigenvalue weighted by Crippen LogP contribution is -2.26. The Morgan fingerprint density at radius 3 is 2.76 bits per heavy atom. The maximum Gasteiger partial charge on any atom is 0.381 e. The van der Waals surface area contributed by atoms with Gasteiger partial charge in [-0.2, -0.15) is 0 Å². The quantitative estimate of drug-likeness (QED) is 0.490. The minimum absolute atomic E-state index is 0.252. The summed E-state index contributed by atoms with van der Waals surface area (Å²) in [7, 11) is -3.33. The first-order chi connectivity index (χ1) is 9.82. The molecule has 0 bridgehead atoms. The van der Waals surface area contributed by atoms with Crippen LogP contribution in [0.5, 0.6) is 0 Å². The number of nitrogens with two attached hydrogens (primary N) is 1. The molecule has 11 heteroatoms. The van der Waals surface area contributed by atoms with Gasteiger partial charge in [-0.3, -0.25) is 4.57 Å². The van der Waals surface area contributed by atoms with Crippen LogP contribution in [0.15, 0.2) is 12.7 Å². The summed E-state index contributed by atoms with van der Waals surface area (Å²) in [5, 5.41) is 0. The third kappa shape index (κ3) is 3.55. The molecule has 0 fully saturated rings. The highest BCUT2D eigenvalue weighted by Gasteiger charge is 2.31. The van der Waals surface area contributed by atoms with Crippen LogP contribution in [-0.4, -0.2) is 48.6 Å². The van der Waals surface area contributed by atoms with Crippen molar-refractivity contribution in [3.8, 4) is 11.5 Å². The van der Waals surface area contributed by atoms with Gasteiger partial charge in [0.1, 0.15) is 12.0 Å². The number of hydrogen-bond acceptors (Lipinski definition) is 7. The second-order valence-electron chi connectivity index (χ2n) is 4.41. The number of nitrogens with zero attached hydrogens (tertiary/aromatic N) is 4. The van der Waals surface area contributed by atoms with Crippen molar-refractivity contribution in [3.63, 3.8) is 0 Å². The molecule has 0 aromatic carbocycles. The number of ether oxygens (including phenoxy) is 2. The summed E-state index contributed by atoms with van der Waals surface area (Å²) >= 11 is 0. The van der Waals surface area contributed by atoms with E-state index in [4.69, 9.17) is 20.3 Å². The van der Waals surface area contributed by atoms with E-state index in [2.05, 4.69) is 19.7 Å². The maximum absolute atomic E-state index is 11.2. The van der Waals surface area contributed by atoms with E-state index >= 15 is 0 Å². The minimum atomic E-state index is -4.50. The molecule has 0 aromatic rings. The zero-order valence-electron chi connectivity index (χ0n) is 11.4. The Labute approximate surface area is 120 Å². The number of methoxy groups -OCH3 is 1. The summed E-state index contributed by atoms with van der Waals surface area (Å²) in [6.45, 7) is 1.90. The zero-order valence-corrected chi connectivity index (χ0v) is 12.3. The lowest BCUT2D eigenvalue weighted by Gasteiger charge is -2.23. The lowest BCUT2D eigenvalue weighted by molar-refractivity contribution is -0.114. The van der Waals surface area contributed by atoms with E-state index in [1.165, 1.54) is 12.7 Å². The predicted octanol–water partition coefficient (Wildman–Crippen LogP) is -0.127. The fourth-order valence-corrected chi connectivity index (χ4v) is 2.46. The Bertz CT molecular complexity index is 628. The molecule has 0 aliphatic carbocycles. The largest absolute Gasteiger partial charge is 0.382 e. The number of aromatic nitrogens is 4. The molecule has 2 unspecified atom stereocenters. The van der Waals surface area contributed by atoms with Gasteiger partial charge in [0.15, 0.2) is 11.6 Å². The molecule has 2 heterocycles. The molecule has 0 radical (unpaired) electrons. The number of rotatable bonds is 6. The number of anilines is 1. The fourth-order valence-electron chi connectivity index (χ4n) is 1.82. The molecule has 0 aromatic heterocycles. The topological polar surface area (TPSA) is 146 Å². The summed E-state index contributed by atoms with van der Waals surface area (Å²) in [6, 6.07) is -1.61. The minimum Gasteiger partial charge on any atom is -0.382 e. The van der Waals surface area contributed by atoms with Gasteiger partial charge in [-0.1, -0.05) is 0 Å². The van der Waals surface area contributed by atoms with Gasteiger partial charge >= 0.3 is 7.60 Å². The average Bonchev–Trinajstić information content (AvgIpc) is 2.88. The molecule has 2 aliphatic heterocycles. The van der Waals surface area contributed by atoms with Crippen molar-refractivity contribution in [2.45, 2.75) is 25.6 Å². The monoisotopic (exact) mass is 317 g/mol. The highest BCUT2D eigenvalue weighted by molar-refractivity contribution is 7.52. The Morgan fingerprint density at radius 1 is 1.43 bits per heavy atom. The fraction of sp³-hybridized carbons (Fsp3) is 0.500. The molecule has 2 aliphatic rings. The van der Waals surface area contributed by atoms with Crippen LogP contribution in [0.1, 0.15) is 6.92 Å². The van der Waals surface area contributed by atoms with Crippen LogP contribution in [0, 0.1) is 0 Å². The second kappa shape index (κ2) is 6.04. The zero-order chi connectivity index (χ0) is 15.6. The van der Waals surface area contributed by atoms with E-state index in [-0.39, 0.29) is 12.4 Å². The standard InChI is InChI=1S/C10H16N5O5P/c1-6(20-10(19-2)21(16,17)18)3-15-5-14-8(11)7-9(15)13-4-12-7/h4-6,10H,3,11H2,1-2H3,(H2,16,17,18). The molecule has 2 rings (SSSR count). The second-order valence-corrected chi connectivity index (χ2v) is 6.01. The van der Waals surface area contributed by atoms with E-state index in [0.717, 1.165) is 7.11 Å². The summed E-state index contributed by atoms with van der Waals surface area (Å²) in [5.74, 6) is 0.778. The molecule has 4 N–H and O–H groups in total. The lowest BCUT2D eigenvalue weighted by atomic mass is 10.3. The number of hydrogen-bond donors (Lipinski definition) is 3. The number of fused-ring (bicyclic) bond motifs is 1. The van der Waals surface area contributed by atoms with Crippen molar-refractivity contribution in [2.75, 3.05) is 12.8 Å². The third-order valence-corrected chi connectivity index (χ3v) is 3.59. The third-order valence-electron chi connectivity index (χ3n) is 2.71. The Morgan fingerprint density at radius 2 is 2.14 bits per heavy atom. The molecule has 0 saturated heterocycles. The molecule has 0 saturated carbocycles. The van der Waals surface area contributed by atoms with Gasteiger partial charge in [0.05, 0.1) is 19.0 Å². The highest BCUT2D eigenvalue weighted by Crippen LogP contribution is 2.42. The van der Waals surface area contributed by atoms with Crippen molar-refractivity contribution in [1.29, 1.82) is 0 Å². The van der Waals surface area contributed by atoms with Gasteiger partial charge < -0.3 is 29.6 Å². The van der Waals surface area contributed by atoms with Gasteiger partial charge in [-0.15, -0.1) is 0 Å². The van der Waals surface area contributed by atoms with Crippen molar-refractivity contribution < 1.29 is 23.8 Å². The number of nitrogen functional groups attached to an aromatic ring is 1. The van der Waals surface area contributed by atoms with Gasteiger partial charge in [0, 0.05) is 7.11 Å². The SMILES string of the molecule is COC(OC(C)Cn1cnc(N)c2ncnc1-2)P(=O)(O)O. The van der Waals surface area contributed by atoms with E-state index < -0.39 is 19.7 Å². The van der Waals surface area contributed by atoms with Gasteiger partial charge in [0.25, 0.3) is 6.03 Å². The molecular formula is C10H16N5O5P. The molecular weight excluding hydrogens is 301 g/mol. The summed E-state index contributed by atoms with van der Waals surface area (Å²) < 4.78 is 22.7. The first-order valence-electron chi connectivity index (χ1n) is 5.97. The van der Waals surface area contributed by atoms with Crippen LogP contribution in [0.3, 0.4) is 0 Å². The summed E-state index contributed by atoms with van der Waals surface area (Å²) in [6.07, 6.45) is 2.27. The van der Waals surface area contributed by atoms with Crippen molar-refractivity contribution in [2.24, 2.45) is 0 Å². The predicted molar refractivity (Wildman–Crippen MR) is 72.2 cm³/mol. The molecule has 0 spiro atoms. The van der Waals surface area contributed by atoms with E-state index in [9.17, 15) is 4.57 Å². The van der Waals surface area contributed by atoms with Gasteiger partial charge in [-0.25, -0.2) is 15.0 Å². The van der Waals surface area contributed by atoms with Crippen LogP contribution in [0.2, 0.25) is 0 Å². The Hall–Kier alpha value is -1.58. The first-order valence-corrected chi connectivity index (χ1v) is 7.66. The van der Waals surface area contributed by atoms with Gasteiger partial charge in [-0.05, 0) is 6.92 Å². The van der Waals surface area contributed by atoms with E-state index in [1.54, 1.807) is 11.5 Å². The van der Waals surface area contributed by atoms with Gasteiger partial charge in [0.2, 0.25) is 0 Å². The normalized spacial score (nSPS) is 15.2. The van der Waals surface area contributed by atoms with Crippen molar-refractivity contribution >= 4 is 13.4 Å². The average molecular weight is 317 g/mol.